The molecule has 0 aliphatic carbocycles. The Labute approximate surface area is 99.2 Å². The Morgan fingerprint density at radius 2 is 2.13 bits per heavy atom. The van der Waals surface area contributed by atoms with Gasteiger partial charge in [-0.25, -0.2) is 4.39 Å². The van der Waals surface area contributed by atoms with Gasteiger partial charge in [-0.15, -0.1) is 0 Å². The maximum atomic E-state index is 13.2. The van der Waals surface area contributed by atoms with Crippen LogP contribution in [0.3, 0.4) is 0 Å². The van der Waals surface area contributed by atoms with Gasteiger partial charge in [-0.2, -0.15) is 0 Å². The largest absolute Gasteiger partial charge is 0.313 e. The predicted octanol–water partition coefficient (Wildman–Crippen LogP) is 4.04. The average Bonchev–Trinajstić information content (AvgIpc) is 2.17. The van der Waals surface area contributed by atoms with E-state index < -0.39 is 0 Å². The summed E-state index contributed by atoms with van der Waals surface area (Å²) in [5, 5.41) is 3.22. The Bertz CT molecular complexity index is 294. The molecule has 0 aliphatic rings. The van der Waals surface area contributed by atoms with Crippen molar-refractivity contribution in [1.29, 1.82) is 0 Å². The Balaban J connectivity index is 2.81. The fourth-order valence-corrected chi connectivity index (χ4v) is 2.15. The van der Waals surface area contributed by atoms with E-state index in [1.54, 1.807) is 6.07 Å². The lowest BCUT2D eigenvalue weighted by Gasteiger charge is -2.16. The third-order valence-electron chi connectivity index (χ3n) is 2.48. The first-order chi connectivity index (χ1) is 7.17. The van der Waals surface area contributed by atoms with E-state index >= 15 is 0 Å². The molecule has 0 fully saturated rings. The van der Waals surface area contributed by atoms with Crippen molar-refractivity contribution in [3.05, 3.63) is 34.1 Å². The van der Waals surface area contributed by atoms with Crippen LogP contribution < -0.4 is 5.32 Å². The molecule has 3 heteroatoms. The quantitative estimate of drug-likeness (QED) is 0.854. The molecule has 0 saturated heterocycles. The van der Waals surface area contributed by atoms with Gasteiger partial charge >= 0.3 is 0 Å². The Morgan fingerprint density at radius 3 is 2.67 bits per heavy atom. The average molecular weight is 274 g/mol. The van der Waals surface area contributed by atoms with E-state index in [1.165, 1.54) is 6.07 Å². The van der Waals surface area contributed by atoms with E-state index in [0.29, 0.717) is 0 Å². The zero-order valence-corrected chi connectivity index (χ0v) is 10.8. The molecule has 84 valence electrons. The zero-order valence-electron chi connectivity index (χ0n) is 9.19. The molecule has 0 aliphatic heterocycles. The summed E-state index contributed by atoms with van der Waals surface area (Å²) in [5.74, 6) is -0.184. The summed E-state index contributed by atoms with van der Waals surface area (Å²) in [5.41, 5.74) is 1.01. The van der Waals surface area contributed by atoms with Crippen molar-refractivity contribution in [3.8, 4) is 0 Å². The van der Waals surface area contributed by atoms with Crippen molar-refractivity contribution in [2.45, 2.75) is 32.2 Å². The number of rotatable bonds is 5. The molecule has 1 rings (SSSR count). The number of hydrogen-bond acceptors (Lipinski definition) is 1. The lowest BCUT2D eigenvalue weighted by molar-refractivity contribution is 0.518. The van der Waals surface area contributed by atoms with Gasteiger partial charge in [0.25, 0.3) is 0 Å². The van der Waals surface area contributed by atoms with Gasteiger partial charge < -0.3 is 5.32 Å². The minimum Gasteiger partial charge on any atom is -0.313 e. The molecule has 0 saturated carbocycles. The van der Waals surface area contributed by atoms with Crippen molar-refractivity contribution in [2.75, 3.05) is 7.05 Å². The minimum absolute atomic E-state index is 0.184. The van der Waals surface area contributed by atoms with Crippen LogP contribution >= 0.6 is 15.9 Å². The van der Waals surface area contributed by atoms with E-state index in [1.807, 2.05) is 13.1 Å². The second-order valence-electron chi connectivity index (χ2n) is 3.69. The molecule has 1 aromatic rings. The molecule has 15 heavy (non-hydrogen) atoms. The topological polar surface area (TPSA) is 12.0 Å². The highest BCUT2D eigenvalue weighted by molar-refractivity contribution is 9.10. The first kappa shape index (κ1) is 12.7. The van der Waals surface area contributed by atoms with Crippen molar-refractivity contribution in [2.24, 2.45) is 0 Å². The van der Waals surface area contributed by atoms with Crippen molar-refractivity contribution in [1.82, 2.24) is 5.32 Å². The van der Waals surface area contributed by atoms with Crippen LogP contribution in [0.1, 0.15) is 37.8 Å². The number of hydrogen-bond donors (Lipinski definition) is 1. The summed E-state index contributed by atoms with van der Waals surface area (Å²) in [4.78, 5) is 0. The monoisotopic (exact) mass is 273 g/mol. The molecule has 0 heterocycles. The Kier molecular flexibility index (Phi) is 5.26. The molecule has 0 radical (unpaired) electrons. The highest BCUT2D eigenvalue weighted by Crippen LogP contribution is 2.23. The van der Waals surface area contributed by atoms with Crippen LogP contribution in [0.5, 0.6) is 0 Å². The van der Waals surface area contributed by atoms with Crippen LogP contribution in [0.4, 0.5) is 4.39 Å². The molecule has 1 N–H and O–H groups in total. The predicted molar refractivity (Wildman–Crippen MR) is 65.4 cm³/mol. The maximum absolute atomic E-state index is 13.2. The SMILES string of the molecule is CCCCC(NC)c1cc(F)cc(Br)c1. The van der Waals surface area contributed by atoms with E-state index in [-0.39, 0.29) is 11.9 Å². The molecule has 0 amide bonds. The molecule has 0 aromatic heterocycles. The molecular weight excluding hydrogens is 257 g/mol. The highest BCUT2D eigenvalue weighted by Gasteiger charge is 2.10. The summed E-state index contributed by atoms with van der Waals surface area (Å²) in [6, 6.07) is 5.30. The second-order valence-corrected chi connectivity index (χ2v) is 4.60. The molecule has 0 bridgehead atoms. The van der Waals surface area contributed by atoms with E-state index in [2.05, 4.69) is 28.2 Å². The molecule has 0 spiro atoms. The lowest BCUT2D eigenvalue weighted by Crippen LogP contribution is -2.16. The summed E-state index contributed by atoms with van der Waals surface area (Å²) in [6.45, 7) is 2.16. The van der Waals surface area contributed by atoms with Crippen molar-refractivity contribution < 1.29 is 4.39 Å². The fourth-order valence-electron chi connectivity index (χ4n) is 1.66. The second kappa shape index (κ2) is 6.23. The molecular formula is C12H17BrFN. The maximum Gasteiger partial charge on any atom is 0.124 e. The minimum atomic E-state index is -0.184. The lowest BCUT2D eigenvalue weighted by atomic mass is 10.0. The van der Waals surface area contributed by atoms with E-state index in [9.17, 15) is 4.39 Å². The molecule has 1 unspecified atom stereocenters. The van der Waals surface area contributed by atoms with E-state index in [0.717, 1.165) is 29.3 Å². The molecule has 1 atom stereocenters. The fraction of sp³-hybridized carbons (Fsp3) is 0.500. The highest BCUT2D eigenvalue weighted by atomic mass is 79.9. The first-order valence-corrected chi connectivity index (χ1v) is 6.10. The summed E-state index contributed by atoms with van der Waals surface area (Å²) < 4.78 is 14.0. The van der Waals surface area contributed by atoms with Gasteiger partial charge in [0.15, 0.2) is 0 Å². The zero-order chi connectivity index (χ0) is 11.3. The number of halogens is 2. The van der Waals surface area contributed by atoms with E-state index in [4.69, 9.17) is 0 Å². The van der Waals surface area contributed by atoms with Crippen molar-refractivity contribution >= 4 is 15.9 Å². The van der Waals surface area contributed by atoms with Crippen LogP contribution in [-0.2, 0) is 0 Å². The van der Waals surface area contributed by atoms with Gasteiger partial charge in [0.2, 0.25) is 0 Å². The first-order valence-electron chi connectivity index (χ1n) is 5.30. The smallest absolute Gasteiger partial charge is 0.124 e. The third-order valence-corrected chi connectivity index (χ3v) is 2.94. The van der Waals surface area contributed by atoms with Crippen molar-refractivity contribution in [3.63, 3.8) is 0 Å². The molecule has 1 aromatic carbocycles. The summed E-state index contributed by atoms with van der Waals surface area (Å²) in [6.07, 6.45) is 3.36. The van der Waals surface area contributed by atoms with Crippen LogP contribution in [0.25, 0.3) is 0 Å². The summed E-state index contributed by atoms with van der Waals surface area (Å²) >= 11 is 3.31. The summed E-state index contributed by atoms with van der Waals surface area (Å²) in [7, 11) is 1.92. The van der Waals surface area contributed by atoms with Crippen LogP contribution in [-0.4, -0.2) is 7.05 Å². The number of benzene rings is 1. The number of nitrogens with one attached hydrogen (secondary N) is 1. The van der Waals surface area contributed by atoms with Gasteiger partial charge in [0.05, 0.1) is 0 Å². The Hall–Kier alpha value is -0.410. The standard InChI is InChI=1S/C12H17BrFN/c1-3-4-5-12(15-2)9-6-10(13)8-11(14)7-9/h6-8,12,15H,3-5H2,1-2H3. The Morgan fingerprint density at radius 1 is 1.40 bits per heavy atom. The normalized spacial score (nSPS) is 12.8. The van der Waals surface area contributed by atoms with Gasteiger partial charge in [-0.1, -0.05) is 35.7 Å². The molecule has 1 nitrogen and oxygen atoms in total. The third kappa shape index (κ3) is 3.92. The van der Waals surface area contributed by atoms with Gasteiger partial charge in [-0.3, -0.25) is 0 Å². The van der Waals surface area contributed by atoms with Gasteiger partial charge in [-0.05, 0) is 37.2 Å². The van der Waals surface area contributed by atoms with Gasteiger partial charge in [0, 0.05) is 10.5 Å². The van der Waals surface area contributed by atoms with Gasteiger partial charge in [0.1, 0.15) is 5.82 Å². The van der Waals surface area contributed by atoms with Crippen LogP contribution in [0, 0.1) is 5.82 Å². The van der Waals surface area contributed by atoms with Crippen LogP contribution in [0.15, 0.2) is 22.7 Å². The number of unbranched alkanes of at least 4 members (excludes halogenated alkanes) is 1. The van der Waals surface area contributed by atoms with Crippen LogP contribution in [0.2, 0.25) is 0 Å².